The fourth-order valence-corrected chi connectivity index (χ4v) is 15.6. The van der Waals surface area contributed by atoms with Gasteiger partial charge in [0.15, 0.2) is 46.0 Å². The van der Waals surface area contributed by atoms with Crippen LogP contribution in [0.2, 0.25) is 0 Å². The van der Waals surface area contributed by atoms with Gasteiger partial charge < -0.3 is 79.1 Å². The third-order valence-electron chi connectivity index (χ3n) is 22.5. The zero-order chi connectivity index (χ0) is 78.4. The summed E-state index contributed by atoms with van der Waals surface area (Å²) in [5, 5.41) is 23.7. The van der Waals surface area contributed by atoms with Gasteiger partial charge in [0.05, 0.1) is 52.9 Å². The summed E-state index contributed by atoms with van der Waals surface area (Å²) in [5.74, 6) is 12.1. The number of nitrogens with one attached hydrogen (secondary N) is 8. The molecule has 0 radical (unpaired) electrons. The molecule has 0 spiro atoms. The van der Waals surface area contributed by atoms with Gasteiger partial charge in [-0.1, -0.05) is 312 Å². The highest BCUT2D eigenvalue weighted by Crippen LogP contribution is 2.50. The van der Waals surface area contributed by atoms with Crippen LogP contribution in [0.15, 0.2) is 48.5 Å². The lowest BCUT2D eigenvalue weighted by molar-refractivity contribution is 0.259. The Morgan fingerprint density at radius 3 is 0.375 bits per heavy atom. The summed E-state index contributed by atoms with van der Waals surface area (Å²) < 4.78 is 55.6. The molecule has 0 fully saturated rings. The maximum atomic E-state index is 6.95. The quantitative estimate of drug-likeness (QED) is 0.0169. The lowest BCUT2D eigenvalue weighted by atomic mass is 10.1. The number of hydrogen-bond acceptors (Lipinski definition) is 12. The monoisotopic (exact) mass is 1550 g/mol. The molecule has 16 nitrogen and oxygen atoms in total. The zero-order valence-electron chi connectivity index (χ0n) is 71.5. The van der Waals surface area contributed by atoms with Crippen LogP contribution in [0.4, 0.5) is 46.5 Å². The Bertz CT molecular complexity index is 3160. The van der Waals surface area contributed by atoms with Crippen LogP contribution in [0.3, 0.4) is 0 Å². The maximum Gasteiger partial charge on any atom is 0.161 e. The molecule has 9 rings (SSSR count). The number of aromatic amines is 4. The molecular weight excluding hydrogens is 1390 g/mol. The van der Waals surface area contributed by atoms with E-state index in [-0.39, 0.29) is 0 Å². The molecule has 0 unspecified atom stereocenters. The molecule has 0 aliphatic carbocycles. The molecule has 8 bridgehead atoms. The molecule has 8 aromatic rings. The summed E-state index contributed by atoms with van der Waals surface area (Å²) in [4.78, 5) is 15.9. The lowest BCUT2D eigenvalue weighted by Gasteiger charge is -2.15. The van der Waals surface area contributed by atoms with E-state index < -0.39 is 0 Å². The molecule has 5 heterocycles. The van der Waals surface area contributed by atoms with Crippen molar-refractivity contribution in [3.8, 4) is 46.0 Å². The second-order valence-electron chi connectivity index (χ2n) is 32.3. The summed E-state index contributed by atoms with van der Waals surface area (Å²) in [6.45, 7) is 23.0. The molecule has 112 heavy (non-hydrogen) atoms. The van der Waals surface area contributed by atoms with E-state index in [1.807, 2.05) is 0 Å². The summed E-state index contributed by atoms with van der Waals surface area (Å²) in [7, 11) is 0. The molecule has 4 aromatic heterocycles. The summed E-state index contributed by atoms with van der Waals surface area (Å²) in [6.07, 6.45) is 56.1. The van der Waals surface area contributed by atoms with Crippen molar-refractivity contribution in [1.82, 2.24) is 19.9 Å². The Morgan fingerprint density at radius 2 is 0.259 bits per heavy atom. The van der Waals surface area contributed by atoms with Gasteiger partial charge in [-0.2, -0.15) is 0 Å². The van der Waals surface area contributed by atoms with Crippen LogP contribution >= 0.6 is 0 Å². The van der Waals surface area contributed by atoms with Crippen molar-refractivity contribution < 1.29 is 37.9 Å². The normalized spacial score (nSPS) is 12.1. The second-order valence-corrected chi connectivity index (χ2v) is 32.3. The van der Waals surface area contributed by atoms with Crippen molar-refractivity contribution in [3.63, 3.8) is 0 Å². The molecule has 624 valence electrons. The van der Waals surface area contributed by atoms with E-state index in [0.29, 0.717) is 52.9 Å². The Hall–Kier alpha value is -7.36. The minimum absolute atomic E-state index is 0.595. The first kappa shape index (κ1) is 88.6. The first-order valence-electron chi connectivity index (χ1n) is 46.2. The van der Waals surface area contributed by atoms with Crippen LogP contribution in [0.5, 0.6) is 46.0 Å². The highest BCUT2D eigenvalue weighted by atomic mass is 16.5. The predicted octanol–water partition coefficient (Wildman–Crippen LogP) is 30.8. The van der Waals surface area contributed by atoms with Crippen molar-refractivity contribution in [2.75, 3.05) is 74.1 Å². The first-order chi connectivity index (χ1) is 55.3. The van der Waals surface area contributed by atoms with E-state index in [1.54, 1.807) is 0 Å². The van der Waals surface area contributed by atoms with E-state index in [2.05, 4.69) is 145 Å². The van der Waals surface area contributed by atoms with E-state index in [1.165, 1.54) is 205 Å². The van der Waals surface area contributed by atoms with E-state index in [4.69, 9.17) is 37.9 Å². The average molecular weight is 1550 g/mol. The Balaban J connectivity index is 1.25. The fourth-order valence-electron chi connectivity index (χ4n) is 15.6. The number of rotatable bonds is 64. The van der Waals surface area contributed by atoms with Crippen molar-refractivity contribution in [2.45, 2.75) is 364 Å². The van der Waals surface area contributed by atoms with Crippen LogP contribution in [-0.2, 0) is 0 Å². The molecular formula is C96H152N8O8. The summed E-state index contributed by atoms with van der Waals surface area (Å²) >= 11 is 0. The SMILES string of the molecule is CCCCCCCCOc1cc2c3[nH]c(c2cc1OCCCCCCCC)Nc1[nH]c(c2cc(OCCCCCCCC)c(OCCCCCCCC)cc12)Nc1[nH]c(c2cc(OCCCCCCCC)c(OCCCCCCCC)cc12)Nc1[nH]c(c2cc(OCCCCCCCC)c(OCCCCCCCC)cc12)N3. The van der Waals surface area contributed by atoms with Gasteiger partial charge in [-0.3, -0.25) is 0 Å². The van der Waals surface area contributed by atoms with Crippen molar-refractivity contribution >= 4 is 89.6 Å². The molecule has 8 N–H and O–H groups in total. The molecule has 4 aromatic carbocycles. The van der Waals surface area contributed by atoms with Gasteiger partial charge in [-0.25, -0.2) is 0 Å². The number of ether oxygens (including phenoxy) is 8. The third-order valence-corrected chi connectivity index (χ3v) is 22.5. The number of unbranched alkanes of at least 4 members (excludes halogenated alkanes) is 40. The third kappa shape index (κ3) is 28.6. The van der Waals surface area contributed by atoms with Crippen molar-refractivity contribution in [3.05, 3.63) is 48.5 Å². The van der Waals surface area contributed by atoms with Gasteiger partial charge in [-0.05, 0) is 99.9 Å². The highest BCUT2D eigenvalue weighted by Gasteiger charge is 2.27. The number of hydrogen-bond donors (Lipinski definition) is 8. The van der Waals surface area contributed by atoms with Gasteiger partial charge in [0.2, 0.25) is 0 Å². The molecule has 1 aliphatic rings. The van der Waals surface area contributed by atoms with Crippen molar-refractivity contribution in [2.24, 2.45) is 0 Å². The molecule has 0 atom stereocenters. The number of aromatic nitrogens is 4. The van der Waals surface area contributed by atoms with Crippen LogP contribution < -0.4 is 59.2 Å². The van der Waals surface area contributed by atoms with E-state index in [9.17, 15) is 0 Å². The predicted molar refractivity (Wildman–Crippen MR) is 477 cm³/mol. The minimum Gasteiger partial charge on any atom is -0.490 e. The van der Waals surface area contributed by atoms with Gasteiger partial charge >= 0.3 is 0 Å². The van der Waals surface area contributed by atoms with Crippen LogP contribution in [0, 0.1) is 0 Å². The van der Waals surface area contributed by atoms with Gasteiger partial charge in [0.1, 0.15) is 46.5 Å². The molecule has 0 saturated carbocycles. The fraction of sp³-hybridized carbons (Fsp3) is 0.667. The Labute approximate surface area is 676 Å². The number of fused-ring (bicyclic) bond motifs is 20. The van der Waals surface area contributed by atoms with Crippen LogP contribution in [-0.4, -0.2) is 72.8 Å². The smallest absolute Gasteiger partial charge is 0.161 e. The first-order valence-corrected chi connectivity index (χ1v) is 46.2. The minimum atomic E-state index is 0.595. The summed E-state index contributed by atoms with van der Waals surface area (Å²) in [5.41, 5.74) is 0. The van der Waals surface area contributed by atoms with E-state index in [0.717, 1.165) is 238 Å². The molecule has 0 saturated heterocycles. The van der Waals surface area contributed by atoms with E-state index >= 15 is 0 Å². The highest BCUT2D eigenvalue weighted by molar-refractivity contribution is 6.13. The Morgan fingerprint density at radius 1 is 0.152 bits per heavy atom. The Kier molecular flexibility index (Phi) is 41.3. The lowest BCUT2D eigenvalue weighted by Crippen LogP contribution is -2.03. The van der Waals surface area contributed by atoms with Gasteiger partial charge in [0.25, 0.3) is 0 Å². The standard InChI is InChI=1S/C96H152N8O8/c1-9-17-25-33-41-49-57-105-81-65-73-74(66-82(81)106-58-50-42-34-26-18-10-2)90-97-89(73)101-91-75-67-83(107-59-51-43-35-27-19-11-3)84(108-60-52-44-36-28-20-12-4)68-76(75)93(98-91)103-95-79-71-87(111-63-55-47-39-31-23-15-7)88(112-64-56-48-40-32-24-16-8)72-80(79)96(100-95)104-94-78-70-86(110-62-54-46-38-30-22-14-6)85(69-77(78)92(99-94)102-90)109-61-53-45-37-29-21-13-5/h65-72,97-104H,9-64H2,1-8H3. The maximum absolute atomic E-state index is 6.95. The molecule has 0 amide bonds. The van der Waals surface area contributed by atoms with Gasteiger partial charge in [-0.15, -0.1) is 0 Å². The zero-order valence-corrected chi connectivity index (χ0v) is 71.5. The number of H-pyrrole nitrogens is 4. The number of benzene rings is 4. The topological polar surface area (TPSA) is 185 Å². The number of anilines is 8. The van der Waals surface area contributed by atoms with Crippen molar-refractivity contribution in [1.29, 1.82) is 0 Å². The van der Waals surface area contributed by atoms with Crippen LogP contribution in [0.25, 0.3) is 43.1 Å². The second kappa shape index (κ2) is 52.2. The van der Waals surface area contributed by atoms with Gasteiger partial charge in [0, 0.05) is 43.1 Å². The summed E-state index contributed by atoms with van der Waals surface area (Å²) in [6, 6.07) is 17.6. The molecule has 16 heteroatoms. The largest absolute Gasteiger partial charge is 0.490 e. The van der Waals surface area contributed by atoms with Crippen LogP contribution in [0.1, 0.15) is 364 Å². The average Bonchev–Trinajstić information content (AvgIpc) is 1.59. The molecule has 1 aliphatic heterocycles.